The van der Waals surface area contributed by atoms with Crippen LogP contribution in [-0.2, 0) is 11.8 Å². The standard InChI is InChI=1S/C15H22O3/c1-5-6-7-11-10-12(15(2,3)4)8-9-13(11)18-14(16)17/h8-10H,5-7H2,1-4H3,(H,16,17). The van der Waals surface area contributed by atoms with Crippen LogP contribution < -0.4 is 4.74 Å². The van der Waals surface area contributed by atoms with E-state index in [1.54, 1.807) is 6.07 Å². The molecule has 0 aliphatic heterocycles. The lowest BCUT2D eigenvalue weighted by Crippen LogP contribution is -2.12. The molecule has 1 rings (SSSR count). The average Bonchev–Trinajstić information content (AvgIpc) is 2.25. The molecule has 3 nitrogen and oxygen atoms in total. The third-order valence-electron chi connectivity index (χ3n) is 2.92. The van der Waals surface area contributed by atoms with E-state index in [-0.39, 0.29) is 5.41 Å². The Morgan fingerprint density at radius 2 is 2.00 bits per heavy atom. The topological polar surface area (TPSA) is 46.5 Å². The lowest BCUT2D eigenvalue weighted by Gasteiger charge is -2.21. The maximum atomic E-state index is 10.7. The van der Waals surface area contributed by atoms with Crippen molar-refractivity contribution in [2.45, 2.75) is 52.4 Å². The van der Waals surface area contributed by atoms with Gasteiger partial charge in [-0.1, -0.05) is 46.2 Å². The van der Waals surface area contributed by atoms with E-state index >= 15 is 0 Å². The molecule has 0 bridgehead atoms. The number of unbranched alkanes of at least 4 members (excludes halogenated alkanes) is 1. The number of carboxylic acid groups (broad SMARTS) is 1. The van der Waals surface area contributed by atoms with E-state index in [0.29, 0.717) is 5.75 Å². The van der Waals surface area contributed by atoms with Gasteiger partial charge in [-0.3, -0.25) is 0 Å². The van der Waals surface area contributed by atoms with Gasteiger partial charge in [0.25, 0.3) is 0 Å². The number of benzene rings is 1. The van der Waals surface area contributed by atoms with Crippen LogP contribution in [0.5, 0.6) is 5.75 Å². The largest absolute Gasteiger partial charge is 0.511 e. The molecular weight excluding hydrogens is 228 g/mol. The van der Waals surface area contributed by atoms with E-state index in [2.05, 4.69) is 33.8 Å². The molecule has 18 heavy (non-hydrogen) atoms. The molecule has 1 aromatic rings. The first-order valence-corrected chi connectivity index (χ1v) is 6.38. The van der Waals surface area contributed by atoms with Crippen molar-refractivity contribution in [1.82, 2.24) is 0 Å². The van der Waals surface area contributed by atoms with E-state index in [0.717, 1.165) is 24.8 Å². The van der Waals surface area contributed by atoms with Gasteiger partial charge in [0.1, 0.15) is 5.75 Å². The summed E-state index contributed by atoms with van der Waals surface area (Å²) in [6.45, 7) is 8.54. The minimum atomic E-state index is -1.25. The minimum absolute atomic E-state index is 0.0583. The van der Waals surface area contributed by atoms with E-state index in [1.807, 2.05) is 6.07 Å². The van der Waals surface area contributed by atoms with Crippen molar-refractivity contribution in [2.24, 2.45) is 0 Å². The monoisotopic (exact) mass is 250 g/mol. The highest BCUT2D eigenvalue weighted by molar-refractivity contribution is 5.62. The van der Waals surface area contributed by atoms with Crippen molar-refractivity contribution >= 4 is 6.16 Å². The molecule has 100 valence electrons. The first kappa shape index (κ1) is 14.6. The third-order valence-corrected chi connectivity index (χ3v) is 2.92. The molecule has 3 heteroatoms. The highest BCUT2D eigenvalue weighted by atomic mass is 16.7. The highest BCUT2D eigenvalue weighted by Crippen LogP contribution is 2.29. The molecule has 0 heterocycles. The molecule has 0 aliphatic carbocycles. The number of ether oxygens (including phenoxy) is 1. The number of rotatable bonds is 4. The van der Waals surface area contributed by atoms with Gasteiger partial charge >= 0.3 is 6.16 Å². The van der Waals surface area contributed by atoms with Crippen LogP contribution in [0.3, 0.4) is 0 Å². The summed E-state index contributed by atoms with van der Waals surface area (Å²) in [5, 5.41) is 8.72. The van der Waals surface area contributed by atoms with Crippen molar-refractivity contribution in [3.05, 3.63) is 29.3 Å². The summed E-state index contributed by atoms with van der Waals surface area (Å²) in [4.78, 5) is 10.7. The van der Waals surface area contributed by atoms with Gasteiger partial charge in [-0.25, -0.2) is 4.79 Å². The van der Waals surface area contributed by atoms with Crippen molar-refractivity contribution in [3.63, 3.8) is 0 Å². The van der Waals surface area contributed by atoms with Gasteiger partial charge < -0.3 is 9.84 Å². The minimum Gasteiger partial charge on any atom is -0.449 e. The summed E-state index contributed by atoms with van der Waals surface area (Å²) >= 11 is 0. The maximum Gasteiger partial charge on any atom is 0.511 e. The number of hydrogen-bond donors (Lipinski definition) is 1. The lowest BCUT2D eigenvalue weighted by molar-refractivity contribution is 0.144. The molecule has 0 unspecified atom stereocenters. The second-order valence-electron chi connectivity index (χ2n) is 5.54. The predicted molar refractivity (Wildman–Crippen MR) is 72.4 cm³/mol. The summed E-state index contributed by atoms with van der Waals surface area (Å²) in [7, 11) is 0. The number of aryl methyl sites for hydroxylation is 1. The molecule has 1 aromatic carbocycles. The maximum absolute atomic E-state index is 10.7. The zero-order chi connectivity index (χ0) is 13.8. The molecule has 0 saturated carbocycles. The Morgan fingerprint density at radius 3 is 2.50 bits per heavy atom. The van der Waals surface area contributed by atoms with E-state index in [4.69, 9.17) is 9.84 Å². The zero-order valence-electron chi connectivity index (χ0n) is 11.6. The van der Waals surface area contributed by atoms with Gasteiger partial charge in [-0.15, -0.1) is 0 Å². The molecule has 0 spiro atoms. The first-order valence-electron chi connectivity index (χ1n) is 6.38. The Morgan fingerprint density at radius 1 is 1.33 bits per heavy atom. The molecule has 0 radical (unpaired) electrons. The van der Waals surface area contributed by atoms with Crippen LogP contribution >= 0.6 is 0 Å². The van der Waals surface area contributed by atoms with Crippen LogP contribution in [0.2, 0.25) is 0 Å². The third kappa shape index (κ3) is 4.06. The second kappa shape index (κ2) is 5.89. The predicted octanol–water partition coefficient (Wildman–Crippen LogP) is 4.38. The fourth-order valence-corrected chi connectivity index (χ4v) is 1.80. The van der Waals surface area contributed by atoms with Gasteiger partial charge in [-0.05, 0) is 35.4 Å². The lowest BCUT2D eigenvalue weighted by atomic mass is 9.85. The Kier molecular flexibility index (Phi) is 4.76. The Bertz CT molecular complexity index is 416. The van der Waals surface area contributed by atoms with Gasteiger partial charge in [0.05, 0.1) is 0 Å². The smallest absolute Gasteiger partial charge is 0.449 e. The molecule has 0 aliphatic rings. The van der Waals surface area contributed by atoms with Gasteiger partial charge in [0.2, 0.25) is 0 Å². The Labute approximate surface area is 109 Å². The van der Waals surface area contributed by atoms with E-state index in [9.17, 15) is 4.79 Å². The molecule has 0 amide bonds. The Balaban J connectivity index is 3.07. The summed E-state index contributed by atoms with van der Waals surface area (Å²) < 4.78 is 4.83. The molecular formula is C15H22O3. The molecule has 0 aromatic heterocycles. The second-order valence-corrected chi connectivity index (χ2v) is 5.54. The molecule has 0 saturated heterocycles. The first-order chi connectivity index (χ1) is 8.34. The fraction of sp³-hybridized carbons (Fsp3) is 0.533. The van der Waals surface area contributed by atoms with Gasteiger partial charge in [0, 0.05) is 0 Å². The van der Waals surface area contributed by atoms with Gasteiger partial charge in [-0.2, -0.15) is 0 Å². The average molecular weight is 250 g/mol. The van der Waals surface area contributed by atoms with E-state index < -0.39 is 6.16 Å². The van der Waals surface area contributed by atoms with Crippen LogP contribution in [0.4, 0.5) is 4.79 Å². The van der Waals surface area contributed by atoms with E-state index in [1.165, 1.54) is 5.56 Å². The van der Waals surface area contributed by atoms with Crippen LogP contribution in [0, 0.1) is 0 Å². The SMILES string of the molecule is CCCCc1cc(C(C)(C)C)ccc1OC(=O)O. The van der Waals surface area contributed by atoms with Crippen molar-refractivity contribution in [1.29, 1.82) is 0 Å². The number of hydrogen-bond acceptors (Lipinski definition) is 2. The van der Waals surface area contributed by atoms with Crippen LogP contribution in [0.25, 0.3) is 0 Å². The number of carbonyl (C=O) groups is 1. The van der Waals surface area contributed by atoms with Crippen molar-refractivity contribution in [2.75, 3.05) is 0 Å². The summed E-state index contributed by atoms with van der Waals surface area (Å²) in [6, 6.07) is 5.77. The summed E-state index contributed by atoms with van der Waals surface area (Å²) in [5.41, 5.74) is 2.24. The molecule has 0 atom stereocenters. The molecule has 0 fully saturated rings. The van der Waals surface area contributed by atoms with Gasteiger partial charge in [0.15, 0.2) is 0 Å². The fourth-order valence-electron chi connectivity index (χ4n) is 1.80. The quantitative estimate of drug-likeness (QED) is 0.637. The zero-order valence-corrected chi connectivity index (χ0v) is 11.6. The summed E-state index contributed by atoms with van der Waals surface area (Å²) in [6.07, 6.45) is 1.70. The van der Waals surface area contributed by atoms with Crippen LogP contribution in [0.15, 0.2) is 18.2 Å². The van der Waals surface area contributed by atoms with Crippen LogP contribution in [0.1, 0.15) is 51.7 Å². The van der Waals surface area contributed by atoms with Crippen molar-refractivity contribution < 1.29 is 14.6 Å². The Hall–Kier alpha value is -1.51. The highest BCUT2D eigenvalue weighted by Gasteiger charge is 2.16. The normalized spacial score (nSPS) is 11.3. The summed E-state index contributed by atoms with van der Waals surface area (Å²) in [5.74, 6) is 0.462. The van der Waals surface area contributed by atoms with Crippen LogP contribution in [-0.4, -0.2) is 11.3 Å². The van der Waals surface area contributed by atoms with Crippen molar-refractivity contribution in [3.8, 4) is 5.75 Å². The molecule has 1 N–H and O–H groups in total.